The number of ether oxygens (including phenoxy) is 2. The predicted molar refractivity (Wildman–Crippen MR) is 315 cm³/mol. The van der Waals surface area contributed by atoms with Crippen LogP contribution in [0, 0.1) is 0 Å². The molecule has 0 radical (unpaired) electrons. The standard InChI is InChI=1S/C65H121NO9/c1-3-5-7-9-11-13-15-17-19-21-22-23-24-25-26-27-28-29-30-31-32-33-34-35-36-37-38-40-42-44-46-48-50-52-54-59(69)64(73)66-57(56-74-65-63(72)62(71)61(70)60(55-67)75-65)58(68)53-51-49-47-45-43-41-39-20-18-16-14-12-10-8-6-4-2/h18,20,27-28,43,45,51,53,57-63,65,67-72H,3-17,19,21-26,29-42,44,46-50,52,54-56H2,1-2H3,(H,66,73)/b20-18+,28-27-,45-43+,53-51+. The average molecular weight is 1060 g/mol. The van der Waals surface area contributed by atoms with Crippen molar-refractivity contribution in [3.63, 3.8) is 0 Å². The van der Waals surface area contributed by atoms with Gasteiger partial charge in [0.2, 0.25) is 5.91 Å². The van der Waals surface area contributed by atoms with Gasteiger partial charge in [-0.15, -0.1) is 0 Å². The molecule has 1 heterocycles. The first-order valence-electron chi connectivity index (χ1n) is 32.0. The highest BCUT2D eigenvalue weighted by Gasteiger charge is 2.44. The van der Waals surface area contributed by atoms with E-state index in [-0.39, 0.29) is 6.61 Å². The van der Waals surface area contributed by atoms with Crippen molar-refractivity contribution < 1.29 is 44.9 Å². The minimum atomic E-state index is -1.62. The van der Waals surface area contributed by atoms with Gasteiger partial charge >= 0.3 is 0 Å². The van der Waals surface area contributed by atoms with Gasteiger partial charge in [-0.25, -0.2) is 0 Å². The molecule has 10 heteroatoms. The Bertz CT molecular complexity index is 1340. The summed E-state index contributed by atoms with van der Waals surface area (Å²) in [5.41, 5.74) is 0. The number of aliphatic hydroxyl groups is 6. The van der Waals surface area contributed by atoms with Gasteiger partial charge in [-0.05, 0) is 70.6 Å². The van der Waals surface area contributed by atoms with Gasteiger partial charge in [0.25, 0.3) is 0 Å². The highest BCUT2D eigenvalue weighted by molar-refractivity contribution is 5.80. The predicted octanol–water partition coefficient (Wildman–Crippen LogP) is 15.4. The lowest BCUT2D eigenvalue weighted by Crippen LogP contribution is -2.60. The van der Waals surface area contributed by atoms with Crippen molar-refractivity contribution in [1.82, 2.24) is 5.32 Å². The summed E-state index contributed by atoms with van der Waals surface area (Å²) < 4.78 is 11.2. The van der Waals surface area contributed by atoms with E-state index in [0.717, 1.165) is 44.9 Å². The van der Waals surface area contributed by atoms with Gasteiger partial charge in [0, 0.05) is 0 Å². The minimum absolute atomic E-state index is 0.302. The van der Waals surface area contributed by atoms with E-state index < -0.39 is 61.5 Å². The van der Waals surface area contributed by atoms with Crippen LogP contribution in [0.4, 0.5) is 0 Å². The summed E-state index contributed by atoms with van der Waals surface area (Å²) in [6, 6.07) is -1.00. The molecule has 8 atom stereocenters. The molecular formula is C65H121NO9. The summed E-state index contributed by atoms with van der Waals surface area (Å²) in [4.78, 5) is 13.1. The third-order valence-corrected chi connectivity index (χ3v) is 15.2. The van der Waals surface area contributed by atoms with Gasteiger partial charge in [0.15, 0.2) is 6.29 Å². The molecule has 1 rings (SSSR count). The molecule has 75 heavy (non-hydrogen) atoms. The van der Waals surface area contributed by atoms with E-state index in [1.54, 1.807) is 6.08 Å². The van der Waals surface area contributed by atoms with Crippen molar-refractivity contribution >= 4 is 5.91 Å². The molecule has 0 bridgehead atoms. The number of aliphatic hydroxyl groups excluding tert-OH is 6. The smallest absolute Gasteiger partial charge is 0.249 e. The molecule has 1 amide bonds. The van der Waals surface area contributed by atoms with E-state index in [0.29, 0.717) is 19.3 Å². The molecule has 7 N–H and O–H groups in total. The molecule has 10 nitrogen and oxygen atoms in total. The number of carbonyl (C=O) groups is 1. The molecule has 1 aliphatic rings. The maximum Gasteiger partial charge on any atom is 0.249 e. The summed E-state index contributed by atoms with van der Waals surface area (Å²) >= 11 is 0. The van der Waals surface area contributed by atoms with Crippen LogP contribution in [0.15, 0.2) is 48.6 Å². The second kappa shape index (κ2) is 54.1. The van der Waals surface area contributed by atoms with Crippen LogP contribution in [0.1, 0.15) is 296 Å². The normalized spacial score (nSPS) is 19.6. The Labute approximate surface area is 461 Å². The van der Waals surface area contributed by atoms with Crippen molar-refractivity contribution in [3.05, 3.63) is 48.6 Å². The topological polar surface area (TPSA) is 169 Å². The molecule has 0 aromatic heterocycles. The van der Waals surface area contributed by atoms with Gasteiger partial charge in [0.05, 0.1) is 25.4 Å². The first-order valence-corrected chi connectivity index (χ1v) is 32.0. The minimum Gasteiger partial charge on any atom is -0.394 e. The Morgan fingerprint density at radius 1 is 0.453 bits per heavy atom. The van der Waals surface area contributed by atoms with E-state index in [1.165, 1.54) is 218 Å². The fourth-order valence-corrected chi connectivity index (χ4v) is 10.1. The summed E-state index contributed by atoms with van der Waals surface area (Å²) in [5, 5.41) is 65.1. The monoisotopic (exact) mass is 1060 g/mol. The van der Waals surface area contributed by atoms with Gasteiger partial charge in [-0.1, -0.05) is 274 Å². The number of hydrogen-bond donors (Lipinski definition) is 7. The number of nitrogens with one attached hydrogen (secondary N) is 1. The number of amides is 1. The van der Waals surface area contributed by atoms with Crippen molar-refractivity contribution in [2.45, 2.75) is 345 Å². The van der Waals surface area contributed by atoms with Crippen molar-refractivity contribution in [2.75, 3.05) is 13.2 Å². The van der Waals surface area contributed by atoms with Gasteiger partial charge < -0.3 is 45.4 Å². The van der Waals surface area contributed by atoms with E-state index in [4.69, 9.17) is 9.47 Å². The molecule has 1 aliphatic heterocycles. The lowest BCUT2D eigenvalue weighted by atomic mass is 9.99. The maximum absolute atomic E-state index is 13.1. The van der Waals surface area contributed by atoms with Crippen LogP contribution in [-0.2, 0) is 14.3 Å². The Hall–Kier alpha value is -1.89. The number of allylic oxidation sites excluding steroid dienone is 7. The molecule has 0 aliphatic carbocycles. The van der Waals surface area contributed by atoms with Gasteiger partial charge in [-0.2, -0.15) is 0 Å². The average Bonchev–Trinajstić information content (AvgIpc) is 3.41. The molecule has 1 saturated heterocycles. The Kier molecular flexibility index (Phi) is 51.3. The fourth-order valence-electron chi connectivity index (χ4n) is 10.1. The summed E-state index contributed by atoms with van der Waals surface area (Å²) in [7, 11) is 0. The summed E-state index contributed by atoms with van der Waals surface area (Å²) in [6.45, 7) is 3.61. The van der Waals surface area contributed by atoms with Crippen molar-refractivity contribution in [1.29, 1.82) is 0 Å². The van der Waals surface area contributed by atoms with Crippen LogP contribution in [0.2, 0.25) is 0 Å². The van der Waals surface area contributed by atoms with Gasteiger partial charge in [0.1, 0.15) is 30.5 Å². The highest BCUT2D eigenvalue weighted by Crippen LogP contribution is 2.23. The molecule has 440 valence electrons. The Balaban J connectivity index is 2.15. The lowest BCUT2D eigenvalue weighted by Gasteiger charge is -2.40. The first-order chi connectivity index (χ1) is 36.8. The van der Waals surface area contributed by atoms with Gasteiger partial charge in [-0.3, -0.25) is 4.79 Å². The molecule has 1 fully saturated rings. The second-order valence-corrected chi connectivity index (χ2v) is 22.3. The van der Waals surface area contributed by atoms with Crippen LogP contribution in [-0.4, -0.2) is 98.7 Å². The zero-order chi connectivity index (χ0) is 54.5. The lowest BCUT2D eigenvalue weighted by molar-refractivity contribution is -0.302. The molecule has 8 unspecified atom stereocenters. The van der Waals surface area contributed by atoms with Crippen LogP contribution in [0.25, 0.3) is 0 Å². The molecule has 0 aromatic carbocycles. The molecule has 0 aromatic rings. The third kappa shape index (κ3) is 42.7. The summed E-state index contributed by atoms with van der Waals surface area (Å²) in [6.07, 6.45) is 62.5. The Morgan fingerprint density at radius 2 is 0.787 bits per heavy atom. The number of rotatable bonds is 55. The number of hydrogen-bond acceptors (Lipinski definition) is 9. The SMILES string of the molecule is CCCCCCCC/C=C/CC/C=C/CC/C=C/C(O)C(COC1OC(CO)C(O)C(O)C1O)NC(=O)C(O)CCCCCCCCCCCCCCCCCC/C=C\CCCCCCCCCCCCCCCC. The van der Waals surface area contributed by atoms with E-state index in [2.05, 4.69) is 55.6 Å². The Morgan fingerprint density at radius 3 is 1.16 bits per heavy atom. The quantitative estimate of drug-likeness (QED) is 0.0232. The third-order valence-electron chi connectivity index (χ3n) is 15.2. The zero-order valence-electron chi connectivity index (χ0n) is 48.7. The summed E-state index contributed by atoms with van der Waals surface area (Å²) in [5.74, 6) is -0.627. The van der Waals surface area contributed by atoms with Crippen LogP contribution in [0.3, 0.4) is 0 Å². The fraction of sp³-hybridized carbons (Fsp3) is 0.862. The number of unbranched alkanes of at least 4 members (excludes halogenated alkanes) is 38. The van der Waals surface area contributed by atoms with E-state index in [9.17, 15) is 35.4 Å². The molecule has 0 spiro atoms. The highest BCUT2D eigenvalue weighted by atomic mass is 16.7. The molecular weight excluding hydrogens is 939 g/mol. The van der Waals surface area contributed by atoms with Crippen LogP contribution >= 0.6 is 0 Å². The first kappa shape index (κ1) is 71.1. The van der Waals surface area contributed by atoms with Crippen molar-refractivity contribution in [2.24, 2.45) is 0 Å². The van der Waals surface area contributed by atoms with E-state index >= 15 is 0 Å². The van der Waals surface area contributed by atoms with E-state index in [1.807, 2.05) is 6.08 Å². The second-order valence-electron chi connectivity index (χ2n) is 22.3. The van der Waals surface area contributed by atoms with Crippen LogP contribution < -0.4 is 5.32 Å². The van der Waals surface area contributed by atoms with Crippen LogP contribution in [0.5, 0.6) is 0 Å². The molecule has 0 saturated carbocycles. The number of carbonyl (C=O) groups excluding carboxylic acids is 1. The zero-order valence-corrected chi connectivity index (χ0v) is 48.7. The largest absolute Gasteiger partial charge is 0.394 e. The van der Waals surface area contributed by atoms with Crippen molar-refractivity contribution in [3.8, 4) is 0 Å². The maximum atomic E-state index is 13.1.